The first-order chi connectivity index (χ1) is 12.8. The van der Waals surface area contributed by atoms with E-state index in [-0.39, 0.29) is 10.5 Å². The maximum Gasteiger partial charge on any atom is 0.261 e. The highest BCUT2D eigenvalue weighted by atomic mass is 32.2. The number of rotatable bonds is 5. The molecule has 0 bridgehead atoms. The van der Waals surface area contributed by atoms with E-state index in [1.807, 2.05) is 6.07 Å². The van der Waals surface area contributed by atoms with Crippen molar-refractivity contribution in [2.75, 3.05) is 10.0 Å². The molecule has 5 nitrogen and oxygen atoms in total. The molecule has 138 valence electrons. The van der Waals surface area contributed by atoms with Crippen molar-refractivity contribution in [3.8, 4) is 0 Å². The minimum Gasteiger partial charge on any atom is -0.322 e. The van der Waals surface area contributed by atoms with Crippen molar-refractivity contribution in [1.29, 1.82) is 0 Å². The maximum absolute atomic E-state index is 13.0. The quantitative estimate of drug-likeness (QED) is 0.693. The minimum atomic E-state index is -3.85. The molecule has 27 heavy (non-hydrogen) atoms. The molecule has 0 aliphatic heterocycles. The average molecular weight is 384 g/mol. The lowest BCUT2D eigenvalue weighted by Crippen LogP contribution is -2.16. The zero-order chi connectivity index (χ0) is 19.4. The Kier molecular flexibility index (Phi) is 5.23. The predicted molar refractivity (Wildman–Crippen MR) is 103 cm³/mol. The Labute approximate surface area is 156 Å². The number of hydrogen-bond acceptors (Lipinski definition) is 3. The van der Waals surface area contributed by atoms with Gasteiger partial charge in [-0.25, -0.2) is 12.8 Å². The molecule has 3 aromatic carbocycles. The summed E-state index contributed by atoms with van der Waals surface area (Å²) in [6.45, 7) is 1.80. The van der Waals surface area contributed by atoms with Crippen molar-refractivity contribution in [3.05, 3.63) is 89.7 Å². The molecule has 3 rings (SSSR count). The molecule has 0 aliphatic rings. The fourth-order valence-electron chi connectivity index (χ4n) is 2.43. The summed E-state index contributed by atoms with van der Waals surface area (Å²) < 4.78 is 40.8. The normalized spacial score (nSPS) is 11.0. The molecule has 0 aromatic heterocycles. The Morgan fingerprint density at radius 1 is 0.926 bits per heavy atom. The first-order valence-electron chi connectivity index (χ1n) is 8.10. The van der Waals surface area contributed by atoms with E-state index in [0.717, 1.165) is 5.56 Å². The van der Waals surface area contributed by atoms with Crippen LogP contribution in [0.25, 0.3) is 0 Å². The van der Waals surface area contributed by atoms with Gasteiger partial charge in [-0.05, 0) is 61.0 Å². The summed E-state index contributed by atoms with van der Waals surface area (Å²) in [6, 6.07) is 18.0. The number of carbonyl (C=O) groups excluding carboxylic acids is 1. The first-order valence-corrected chi connectivity index (χ1v) is 9.59. The van der Waals surface area contributed by atoms with Crippen LogP contribution in [-0.4, -0.2) is 14.3 Å². The van der Waals surface area contributed by atoms with Crippen LogP contribution < -0.4 is 10.0 Å². The molecule has 0 saturated heterocycles. The van der Waals surface area contributed by atoms with Crippen LogP contribution >= 0.6 is 0 Å². The zero-order valence-electron chi connectivity index (χ0n) is 14.4. The van der Waals surface area contributed by atoms with Crippen molar-refractivity contribution >= 4 is 27.3 Å². The fourth-order valence-corrected chi connectivity index (χ4v) is 3.61. The van der Waals surface area contributed by atoms with E-state index in [2.05, 4.69) is 10.0 Å². The highest BCUT2D eigenvalue weighted by Crippen LogP contribution is 2.20. The van der Waals surface area contributed by atoms with Crippen molar-refractivity contribution in [2.24, 2.45) is 0 Å². The molecule has 0 heterocycles. The van der Waals surface area contributed by atoms with Crippen molar-refractivity contribution < 1.29 is 17.6 Å². The van der Waals surface area contributed by atoms with Crippen molar-refractivity contribution in [1.82, 2.24) is 0 Å². The number of carbonyl (C=O) groups is 1. The molecule has 0 radical (unpaired) electrons. The molecule has 0 spiro atoms. The number of para-hydroxylation sites is 1. The van der Waals surface area contributed by atoms with E-state index >= 15 is 0 Å². The highest BCUT2D eigenvalue weighted by molar-refractivity contribution is 7.92. The van der Waals surface area contributed by atoms with Gasteiger partial charge in [0.2, 0.25) is 0 Å². The molecular formula is C20H17FN2O3S. The fraction of sp³-hybridized carbons (Fsp3) is 0.0500. The molecule has 3 aromatic rings. The van der Waals surface area contributed by atoms with Crippen LogP contribution in [0.4, 0.5) is 15.8 Å². The van der Waals surface area contributed by atoms with Crippen LogP contribution in [0.15, 0.2) is 77.7 Å². The Morgan fingerprint density at radius 2 is 1.63 bits per heavy atom. The second-order valence-electron chi connectivity index (χ2n) is 5.91. The lowest BCUT2D eigenvalue weighted by Gasteiger charge is -2.11. The van der Waals surface area contributed by atoms with Gasteiger partial charge in [0.25, 0.3) is 15.9 Å². The lowest BCUT2D eigenvalue weighted by atomic mass is 10.2. The van der Waals surface area contributed by atoms with Crippen LogP contribution in [0.1, 0.15) is 15.9 Å². The molecule has 2 N–H and O–H groups in total. The van der Waals surface area contributed by atoms with Gasteiger partial charge in [0.15, 0.2) is 0 Å². The van der Waals surface area contributed by atoms with Crippen LogP contribution in [-0.2, 0) is 10.0 Å². The number of benzene rings is 3. The lowest BCUT2D eigenvalue weighted by molar-refractivity contribution is 0.102. The number of anilines is 2. The van der Waals surface area contributed by atoms with Crippen LogP contribution in [0.3, 0.4) is 0 Å². The van der Waals surface area contributed by atoms with E-state index in [1.165, 1.54) is 48.5 Å². The molecular weight excluding hydrogens is 367 g/mol. The maximum atomic E-state index is 13.0. The molecule has 7 heteroatoms. The molecule has 0 fully saturated rings. The summed E-state index contributed by atoms with van der Waals surface area (Å²) in [6.07, 6.45) is 0. The van der Waals surface area contributed by atoms with Gasteiger partial charge < -0.3 is 5.32 Å². The number of aryl methyl sites for hydroxylation is 1. The number of amides is 1. The van der Waals surface area contributed by atoms with Gasteiger partial charge in [0.05, 0.1) is 10.6 Å². The largest absolute Gasteiger partial charge is 0.322 e. The van der Waals surface area contributed by atoms with Gasteiger partial charge in [-0.2, -0.15) is 0 Å². The number of halogens is 1. The number of hydrogen-bond donors (Lipinski definition) is 2. The summed E-state index contributed by atoms with van der Waals surface area (Å²) in [5.41, 5.74) is 1.84. The third kappa shape index (κ3) is 4.51. The number of nitrogens with one attached hydrogen (secondary N) is 2. The predicted octanol–water partition coefficient (Wildman–Crippen LogP) is 4.19. The Morgan fingerprint density at radius 3 is 2.33 bits per heavy atom. The van der Waals surface area contributed by atoms with E-state index in [4.69, 9.17) is 0 Å². The number of sulfonamides is 1. The Balaban J connectivity index is 1.83. The minimum absolute atomic E-state index is 0.0301. The van der Waals surface area contributed by atoms with Gasteiger partial charge in [0, 0.05) is 11.3 Å². The SMILES string of the molecule is Cc1ccccc1NS(=O)(=O)c1cccc(C(=O)Nc2ccc(F)cc2)c1. The van der Waals surface area contributed by atoms with Gasteiger partial charge in [-0.15, -0.1) is 0 Å². The molecule has 0 aliphatic carbocycles. The highest BCUT2D eigenvalue weighted by Gasteiger charge is 2.17. The average Bonchev–Trinajstić information content (AvgIpc) is 2.65. The van der Waals surface area contributed by atoms with Crippen LogP contribution in [0.5, 0.6) is 0 Å². The van der Waals surface area contributed by atoms with E-state index in [1.54, 1.807) is 25.1 Å². The zero-order valence-corrected chi connectivity index (χ0v) is 15.3. The summed E-state index contributed by atoms with van der Waals surface area (Å²) in [5.74, 6) is -0.905. The topological polar surface area (TPSA) is 75.3 Å². The smallest absolute Gasteiger partial charge is 0.261 e. The van der Waals surface area contributed by atoms with Crippen molar-refractivity contribution in [3.63, 3.8) is 0 Å². The van der Waals surface area contributed by atoms with E-state index in [9.17, 15) is 17.6 Å². The van der Waals surface area contributed by atoms with E-state index < -0.39 is 21.7 Å². The second-order valence-corrected chi connectivity index (χ2v) is 7.59. The van der Waals surface area contributed by atoms with Crippen LogP contribution in [0.2, 0.25) is 0 Å². The standard InChI is InChI=1S/C20H17FN2O3S/c1-14-5-2-3-8-19(14)23-27(25,26)18-7-4-6-15(13-18)20(24)22-17-11-9-16(21)10-12-17/h2-13,23H,1H3,(H,22,24). The van der Waals surface area contributed by atoms with Crippen LogP contribution in [0, 0.1) is 12.7 Å². The summed E-state index contributed by atoms with van der Waals surface area (Å²) in [4.78, 5) is 12.3. The van der Waals surface area contributed by atoms with Gasteiger partial charge in [-0.3, -0.25) is 9.52 Å². The second kappa shape index (κ2) is 7.59. The molecule has 0 saturated carbocycles. The first kappa shape index (κ1) is 18.6. The molecule has 1 amide bonds. The summed E-state index contributed by atoms with van der Waals surface area (Å²) in [5, 5.41) is 2.60. The summed E-state index contributed by atoms with van der Waals surface area (Å²) >= 11 is 0. The van der Waals surface area contributed by atoms with Crippen molar-refractivity contribution in [2.45, 2.75) is 11.8 Å². The van der Waals surface area contributed by atoms with Gasteiger partial charge in [0.1, 0.15) is 5.82 Å². The third-order valence-electron chi connectivity index (χ3n) is 3.90. The van der Waals surface area contributed by atoms with Gasteiger partial charge in [-0.1, -0.05) is 24.3 Å². The third-order valence-corrected chi connectivity index (χ3v) is 5.26. The Bertz CT molecular complexity index is 1080. The molecule has 0 unspecified atom stereocenters. The molecule has 0 atom stereocenters. The van der Waals surface area contributed by atoms with E-state index in [0.29, 0.717) is 11.4 Å². The van der Waals surface area contributed by atoms with Gasteiger partial charge >= 0.3 is 0 Å². The monoisotopic (exact) mass is 384 g/mol. The summed E-state index contributed by atoms with van der Waals surface area (Å²) in [7, 11) is -3.85. The Hall–Kier alpha value is -3.19.